The number of carbonyl (C=O) groups excluding carboxylic acids is 1. The average molecular weight is 271 g/mol. The highest BCUT2D eigenvalue weighted by Gasteiger charge is 2.48. The van der Waals surface area contributed by atoms with E-state index in [4.69, 9.17) is 11.6 Å². The van der Waals surface area contributed by atoms with E-state index in [9.17, 15) is 9.00 Å². The number of carbonyl (C=O) groups is 1. The maximum atomic E-state index is 12.0. The summed E-state index contributed by atoms with van der Waals surface area (Å²) in [5, 5.41) is 6.41. The number of fused-ring (bicyclic) bond motifs is 2. The Hall–Kier alpha value is -0.910. The van der Waals surface area contributed by atoms with Gasteiger partial charge < -0.3 is 5.32 Å². The van der Waals surface area contributed by atoms with Crippen LogP contribution in [0.5, 0.6) is 0 Å². The highest BCUT2D eigenvalue weighted by molar-refractivity contribution is 7.85. The van der Waals surface area contributed by atoms with Crippen LogP contribution in [0, 0.1) is 0 Å². The second-order valence-electron chi connectivity index (χ2n) is 4.18. The monoisotopic (exact) mass is 270 g/mol. The lowest BCUT2D eigenvalue weighted by Crippen LogP contribution is -2.47. The summed E-state index contributed by atoms with van der Waals surface area (Å²) in [6, 6.07) is 5.33. The lowest BCUT2D eigenvalue weighted by Gasteiger charge is -2.33. The fourth-order valence-corrected chi connectivity index (χ4v) is 4.39. The van der Waals surface area contributed by atoms with Gasteiger partial charge >= 0.3 is 0 Å². The Morgan fingerprint density at radius 3 is 2.94 bits per heavy atom. The number of hydrogen-bond acceptors (Lipinski definition) is 3. The molecule has 4 nitrogen and oxygen atoms in total. The summed E-state index contributed by atoms with van der Waals surface area (Å²) in [6.45, 7) is 0.442. The Balaban J connectivity index is 2.26. The van der Waals surface area contributed by atoms with E-state index in [0.717, 1.165) is 5.56 Å². The van der Waals surface area contributed by atoms with Gasteiger partial charge in [0.15, 0.2) is 0 Å². The molecule has 1 aromatic rings. The highest BCUT2D eigenvalue weighted by atomic mass is 35.5. The molecular formula is C11H11ClN2O2S. The van der Waals surface area contributed by atoms with Gasteiger partial charge in [0.05, 0.1) is 27.4 Å². The molecule has 1 amide bonds. The first kappa shape index (κ1) is 11.2. The van der Waals surface area contributed by atoms with Crippen molar-refractivity contribution in [3.63, 3.8) is 0 Å². The van der Waals surface area contributed by atoms with E-state index in [2.05, 4.69) is 10.6 Å². The van der Waals surface area contributed by atoms with Crippen LogP contribution in [-0.4, -0.2) is 22.5 Å². The van der Waals surface area contributed by atoms with Gasteiger partial charge in [-0.3, -0.25) is 14.3 Å². The molecular weight excluding hydrogens is 260 g/mol. The number of hydrogen-bond donors (Lipinski definition) is 2. The molecule has 2 aliphatic heterocycles. The third kappa shape index (κ3) is 1.46. The van der Waals surface area contributed by atoms with Gasteiger partial charge in [-0.2, -0.15) is 0 Å². The van der Waals surface area contributed by atoms with Gasteiger partial charge in [-0.25, -0.2) is 0 Å². The fourth-order valence-electron chi connectivity index (χ4n) is 2.48. The third-order valence-corrected chi connectivity index (χ3v) is 5.24. The van der Waals surface area contributed by atoms with Crippen LogP contribution in [-0.2, 0) is 21.1 Å². The number of nitrogens with one attached hydrogen (secondary N) is 2. The first-order valence-corrected chi connectivity index (χ1v) is 7.05. The van der Waals surface area contributed by atoms with Gasteiger partial charge in [0.1, 0.15) is 5.54 Å². The number of halogens is 1. The summed E-state index contributed by atoms with van der Waals surface area (Å²) in [6.07, 6.45) is 0.540. The first-order chi connectivity index (χ1) is 8.15. The van der Waals surface area contributed by atoms with Crippen LogP contribution in [0.1, 0.15) is 12.0 Å². The van der Waals surface area contributed by atoms with Crippen molar-refractivity contribution in [2.24, 2.45) is 0 Å². The quantitative estimate of drug-likeness (QED) is 0.731. The molecule has 1 fully saturated rings. The number of benzene rings is 1. The zero-order valence-electron chi connectivity index (χ0n) is 8.96. The normalized spacial score (nSPS) is 31.4. The number of amides is 1. The van der Waals surface area contributed by atoms with E-state index in [-0.39, 0.29) is 5.91 Å². The topological polar surface area (TPSA) is 58.2 Å². The molecule has 6 heteroatoms. The third-order valence-electron chi connectivity index (χ3n) is 3.34. The second-order valence-corrected chi connectivity index (χ2v) is 6.10. The molecule has 0 saturated carbocycles. The van der Waals surface area contributed by atoms with E-state index < -0.39 is 16.3 Å². The predicted molar refractivity (Wildman–Crippen MR) is 65.2 cm³/mol. The zero-order valence-corrected chi connectivity index (χ0v) is 10.5. The Kier molecular flexibility index (Phi) is 2.50. The van der Waals surface area contributed by atoms with E-state index in [1.165, 1.54) is 0 Å². The van der Waals surface area contributed by atoms with Crippen LogP contribution in [0.25, 0.3) is 0 Å². The molecule has 0 bridgehead atoms. The molecule has 3 rings (SSSR count). The van der Waals surface area contributed by atoms with Crippen molar-refractivity contribution in [2.75, 3.05) is 12.4 Å². The summed E-state index contributed by atoms with van der Waals surface area (Å²) < 4.78 is 12.0. The van der Waals surface area contributed by atoms with Gasteiger partial charge in [0, 0.05) is 5.75 Å². The molecule has 0 aromatic heterocycles. The standard InChI is InChI=1S/C11H11ClN2O2S/c12-8-3-1-2-7-9(8)17(16)5-4-11(7)10(15)13-6-14-11/h1-3,14H,4-6H2,(H,13,15). The summed E-state index contributed by atoms with van der Waals surface area (Å²) >= 11 is 6.09. The summed E-state index contributed by atoms with van der Waals surface area (Å²) in [5.74, 6) is 0.398. The lowest BCUT2D eigenvalue weighted by atomic mass is 9.87. The van der Waals surface area contributed by atoms with Crippen molar-refractivity contribution in [1.82, 2.24) is 10.6 Å². The van der Waals surface area contributed by atoms with E-state index in [1.54, 1.807) is 12.1 Å². The number of rotatable bonds is 0. The van der Waals surface area contributed by atoms with Crippen LogP contribution >= 0.6 is 11.6 Å². The van der Waals surface area contributed by atoms with Crippen molar-refractivity contribution in [3.05, 3.63) is 28.8 Å². The van der Waals surface area contributed by atoms with Gasteiger partial charge in [-0.05, 0) is 18.1 Å². The summed E-state index contributed by atoms with van der Waals surface area (Å²) in [7, 11) is -1.12. The molecule has 2 aliphatic rings. The second kappa shape index (κ2) is 3.80. The smallest absolute Gasteiger partial charge is 0.246 e. The van der Waals surface area contributed by atoms with Gasteiger partial charge in [0.2, 0.25) is 5.91 Å². The summed E-state index contributed by atoms with van der Waals surface area (Å²) in [5.41, 5.74) is 0.0123. The van der Waals surface area contributed by atoms with Crippen molar-refractivity contribution >= 4 is 28.3 Å². The molecule has 1 spiro atoms. The fraction of sp³-hybridized carbons (Fsp3) is 0.364. The van der Waals surface area contributed by atoms with Crippen molar-refractivity contribution < 1.29 is 9.00 Å². The zero-order chi connectivity index (χ0) is 12.0. The molecule has 0 radical (unpaired) electrons. The Morgan fingerprint density at radius 1 is 1.41 bits per heavy atom. The molecule has 90 valence electrons. The maximum absolute atomic E-state index is 12.0. The van der Waals surface area contributed by atoms with Crippen LogP contribution in [0.2, 0.25) is 5.02 Å². The Labute approximate surface area is 106 Å². The molecule has 0 aliphatic carbocycles. The van der Waals surface area contributed by atoms with Gasteiger partial charge in [-0.15, -0.1) is 0 Å². The molecule has 1 aromatic carbocycles. The van der Waals surface area contributed by atoms with E-state index in [0.29, 0.717) is 28.8 Å². The molecule has 2 unspecified atom stereocenters. The van der Waals surface area contributed by atoms with Crippen LogP contribution < -0.4 is 10.6 Å². The maximum Gasteiger partial charge on any atom is 0.246 e. The van der Waals surface area contributed by atoms with Crippen molar-refractivity contribution in [3.8, 4) is 0 Å². The van der Waals surface area contributed by atoms with Gasteiger partial charge in [0.25, 0.3) is 0 Å². The lowest BCUT2D eigenvalue weighted by molar-refractivity contribution is -0.124. The minimum absolute atomic E-state index is 0.0577. The van der Waals surface area contributed by atoms with Crippen LogP contribution in [0.3, 0.4) is 0 Å². The SMILES string of the molecule is O=C1NCNC12CCS(=O)c1c(Cl)cccc12. The Morgan fingerprint density at radius 2 is 2.24 bits per heavy atom. The average Bonchev–Trinajstić information content (AvgIpc) is 2.67. The minimum Gasteiger partial charge on any atom is -0.342 e. The largest absolute Gasteiger partial charge is 0.342 e. The highest BCUT2D eigenvalue weighted by Crippen LogP contribution is 2.40. The summed E-state index contributed by atoms with van der Waals surface area (Å²) in [4.78, 5) is 12.6. The first-order valence-electron chi connectivity index (χ1n) is 5.36. The van der Waals surface area contributed by atoms with Crippen LogP contribution in [0.15, 0.2) is 23.1 Å². The molecule has 2 heterocycles. The van der Waals surface area contributed by atoms with Crippen molar-refractivity contribution in [2.45, 2.75) is 16.9 Å². The van der Waals surface area contributed by atoms with E-state index >= 15 is 0 Å². The minimum atomic E-state index is -1.12. The molecule has 2 N–H and O–H groups in total. The predicted octanol–water partition coefficient (Wildman–Crippen LogP) is 0.723. The molecule has 17 heavy (non-hydrogen) atoms. The van der Waals surface area contributed by atoms with Crippen LogP contribution in [0.4, 0.5) is 0 Å². The van der Waals surface area contributed by atoms with Gasteiger partial charge in [-0.1, -0.05) is 23.7 Å². The Bertz CT molecular complexity index is 534. The van der Waals surface area contributed by atoms with Crippen molar-refractivity contribution in [1.29, 1.82) is 0 Å². The van der Waals surface area contributed by atoms with E-state index in [1.807, 2.05) is 6.07 Å². The molecule has 1 saturated heterocycles. The molecule has 2 atom stereocenters.